The van der Waals surface area contributed by atoms with Crippen LogP contribution in [0.3, 0.4) is 0 Å². The topological polar surface area (TPSA) is 35.3 Å². The summed E-state index contributed by atoms with van der Waals surface area (Å²) < 4.78 is 1.22. The quantitative estimate of drug-likeness (QED) is 0.213. The van der Waals surface area contributed by atoms with Crippen molar-refractivity contribution in [2.75, 3.05) is 6.54 Å². The fourth-order valence-corrected chi connectivity index (χ4v) is 1.34. The summed E-state index contributed by atoms with van der Waals surface area (Å²) in [5.74, 6) is 2.54. The van der Waals surface area contributed by atoms with Crippen LogP contribution < -0.4 is 5.32 Å². The molecule has 0 radical (unpaired) electrons. The van der Waals surface area contributed by atoms with Gasteiger partial charge in [0, 0.05) is 32.9 Å². The van der Waals surface area contributed by atoms with Gasteiger partial charge in [0.1, 0.15) is 0 Å². The molecule has 0 spiro atoms. The molecule has 0 heterocycles. The Morgan fingerprint density at radius 1 is 1.33 bits per heavy atom. The smallest absolute Gasteiger partial charge is 0.223 e. The Morgan fingerprint density at radius 2 is 1.94 bits per heavy atom. The zero-order valence-corrected chi connectivity index (χ0v) is 11.3. The van der Waals surface area contributed by atoms with Crippen molar-refractivity contribution in [1.29, 1.82) is 0 Å². The summed E-state index contributed by atoms with van der Waals surface area (Å²) in [5.41, 5.74) is 1.84. The predicted octanol–water partition coefficient (Wildman–Crippen LogP) is 2.03. The Labute approximate surface area is 109 Å². The first-order valence-electron chi connectivity index (χ1n) is 5.99. The lowest BCUT2D eigenvalue weighted by Gasteiger charge is -2.09. The summed E-state index contributed by atoms with van der Waals surface area (Å²) in [6.45, 7) is 7.17. The number of rotatable bonds is 4. The van der Waals surface area contributed by atoms with Gasteiger partial charge in [0.25, 0.3) is 0 Å². The zero-order valence-electron chi connectivity index (χ0n) is 11.3. The highest BCUT2D eigenvalue weighted by molar-refractivity contribution is 5.75. The number of nitrogens with zero attached hydrogens (tertiary/aromatic N) is 1. The summed E-state index contributed by atoms with van der Waals surface area (Å²) in [6, 6.07) is 7.99. The standard InChI is InChI=1S/C15H21N2O/c1-5-10-16-11-13-6-8-14(9-7-13)12-17(18)15(2,3)4/h1,6-9,12,16,18H,10-11H2,2-4H3/q+1/b17-12-. The molecule has 18 heavy (non-hydrogen) atoms. The van der Waals surface area contributed by atoms with Crippen LogP contribution in [0.15, 0.2) is 24.3 Å². The molecule has 0 atom stereocenters. The number of hydrogen-bond donors (Lipinski definition) is 2. The molecule has 0 aliphatic carbocycles. The third-order valence-electron chi connectivity index (χ3n) is 2.49. The van der Waals surface area contributed by atoms with E-state index in [1.54, 1.807) is 6.21 Å². The zero-order chi connectivity index (χ0) is 13.6. The van der Waals surface area contributed by atoms with E-state index in [1.165, 1.54) is 10.3 Å². The van der Waals surface area contributed by atoms with Crippen LogP contribution in [-0.2, 0) is 6.54 Å². The van der Waals surface area contributed by atoms with Crippen molar-refractivity contribution in [3.8, 4) is 12.3 Å². The van der Waals surface area contributed by atoms with Gasteiger partial charge >= 0.3 is 0 Å². The maximum Gasteiger partial charge on any atom is 0.223 e. The van der Waals surface area contributed by atoms with Gasteiger partial charge in [-0.05, 0) is 22.4 Å². The van der Waals surface area contributed by atoms with Crippen molar-refractivity contribution in [1.82, 2.24) is 5.32 Å². The van der Waals surface area contributed by atoms with Crippen LogP contribution in [-0.4, -0.2) is 28.2 Å². The van der Waals surface area contributed by atoms with Gasteiger partial charge in [0.15, 0.2) is 0 Å². The third kappa shape index (κ3) is 4.60. The van der Waals surface area contributed by atoms with Crippen molar-refractivity contribution in [2.24, 2.45) is 0 Å². The second kappa shape index (κ2) is 6.23. The minimum atomic E-state index is -0.299. The molecule has 0 fully saturated rings. The maximum atomic E-state index is 9.83. The Kier molecular flexibility index (Phi) is 4.94. The number of terminal acetylenes is 1. The summed E-state index contributed by atoms with van der Waals surface area (Å²) >= 11 is 0. The maximum absolute atomic E-state index is 9.83. The second-order valence-corrected chi connectivity index (χ2v) is 5.19. The van der Waals surface area contributed by atoms with E-state index in [4.69, 9.17) is 6.42 Å². The lowest BCUT2D eigenvalue weighted by molar-refractivity contribution is -0.816. The second-order valence-electron chi connectivity index (χ2n) is 5.19. The van der Waals surface area contributed by atoms with Crippen LogP contribution in [0, 0.1) is 12.3 Å². The molecule has 0 bridgehead atoms. The van der Waals surface area contributed by atoms with Gasteiger partial charge < -0.3 is 5.32 Å². The Bertz CT molecular complexity index is 447. The van der Waals surface area contributed by atoms with E-state index in [0.29, 0.717) is 6.54 Å². The molecule has 0 aromatic heterocycles. The van der Waals surface area contributed by atoms with Gasteiger partial charge in [-0.15, -0.1) is 6.42 Å². The third-order valence-corrected chi connectivity index (χ3v) is 2.49. The first kappa shape index (κ1) is 14.3. The van der Waals surface area contributed by atoms with Gasteiger partial charge in [0.05, 0.1) is 6.54 Å². The summed E-state index contributed by atoms with van der Waals surface area (Å²) in [6.07, 6.45) is 6.88. The van der Waals surface area contributed by atoms with Crippen LogP contribution in [0.2, 0.25) is 0 Å². The van der Waals surface area contributed by atoms with Crippen LogP contribution in [0.5, 0.6) is 0 Å². The molecule has 96 valence electrons. The van der Waals surface area contributed by atoms with Crippen molar-refractivity contribution < 1.29 is 9.95 Å². The molecule has 2 N–H and O–H groups in total. The van der Waals surface area contributed by atoms with Crippen LogP contribution in [0.25, 0.3) is 0 Å². The van der Waals surface area contributed by atoms with Gasteiger partial charge in [-0.2, -0.15) is 0 Å². The molecule has 1 aromatic rings. The first-order valence-corrected chi connectivity index (χ1v) is 5.99. The lowest BCUT2D eigenvalue weighted by Crippen LogP contribution is -2.31. The van der Waals surface area contributed by atoms with E-state index in [9.17, 15) is 5.21 Å². The summed E-state index contributed by atoms with van der Waals surface area (Å²) in [4.78, 5) is 0. The number of benzene rings is 1. The predicted molar refractivity (Wildman–Crippen MR) is 73.9 cm³/mol. The van der Waals surface area contributed by atoms with Crippen molar-refractivity contribution >= 4 is 6.21 Å². The number of hydrogen-bond acceptors (Lipinski definition) is 2. The Morgan fingerprint density at radius 3 is 2.44 bits per heavy atom. The first-order chi connectivity index (χ1) is 8.43. The molecular formula is C15H21N2O+. The van der Waals surface area contributed by atoms with Gasteiger partial charge in [-0.3, -0.25) is 5.21 Å². The SMILES string of the molecule is C#CCNCc1ccc(/C=[N+](\O)C(C)(C)C)cc1. The van der Waals surface area contributed by atoms with Crippen molar-refractivity contribution in [3.63, 3.8) is 0 Å². The molecule has 0 amide bonds. The van der Waals surface area contributed by atoms with E-state index in [1.807, 2.05) is 45.0 Å². The van der Waals surface area contributed by atoms with Crippen molar-refractivity contribution in [2.45, 2.75) is 32.9 Å². The molecule has 1 rings (SSSR count). The lowest BCUT2D eigenvalue weighted by atomic mass is 10.1. The number of hydroxylamine groups is 1. The Balaban J connectivity index is 2.69. The fraction of sp³-hybridized carbons (Fsp3) is 0.400. The molecule has 0 unspecified atom stereocenters. The van der Waals surface area contributed by atoms with Crippen LogP contribution >= 0.6 is 0 Å². The molecule has 3 nitrogen and oxygen atoms in total. The highest BCUT2D eigenvalue weighted by Crippen LogP contribution is 2.06. The average Bonchev–Trinajstić information content (AvgIpc) is 2.30. The van der Waals surface area contributed by atoms with E-state index in [2.05, 4.69) is 11.2 Å². The van der Waals surface area contributed by atoms with Crippen molar-refractivity contribution in [3.05, 3.63) is 35.4 Å². The molecule has 3 heteroatoms. The highest BCUT2D eigenvalue weighted by atomic mass is 16.5. The van der Waals surface area contributed by atoms with Gasteiger partial charge in [-0.25, -0.2) is 0 Å². The van der Waals surface area contributed by atoms with E-state index in [-0.39, 0.29) is 5.54 Å². The monoisotopic (exact) mass is 245 g/mol. The molecule has 1 aromatic carbocycles. The molecule has 0 aliphatic rings. The fourth-order valence-electron chi connectivity index (χ4n) is 1.34. The highest BCUT2D eigenvalue weighted by Gasteiger charge is 2.23. The minimum absolute atomic E-state index is 0.299. The number of nitrogens with one attached hydrogen (secondary N) is 1. The van der Waals surface area contributed by atoms with E-state index in [0.717, 1.165) is 12.1 Å². The molecular weight excluding hydrogens is 224 g/mol. The van der Waals surface area contributed by atoms with Crippen LogP contribution in [0.4, 0.5) is 0 Å². The van der Waals surface area contributed by atoms with E-state index < -0.39 is 0 Å². The molecule has 0 saturated carbocycles. The molecule has 0 aliphatic heterocycles. The summed E-state index contributed by atoms with van der Waals surface area (Å²) in [5, 5.41) is 13.0. The largest absolute Gasteiger partial charge is 0.302 e. The molecule has 0 saturated heterocycles. The minimum Gasteiger partial charge on any atom is -0.302 e. The van der Waals surface area contributed by atoms with Crippen LogP contribution in [0.1, 0.15) is 31.9 Å². The van der Waals surface area contributed by atoms with Gasteiger partial charge in [-0.1, -0.05) is 18.1 Å². The van der Waals surface area contributed by atoms with E-state index >= 15 is 0 Å². The normalized spacial score (nSPS) is 12.2. The van der Waals surface area contributed by atoms with Gasteiger partial charge in [0.2, 0.25) is 11.8 Å². The average molecular weight is 245 g/mol. The summed E-state index contributed by atoms with van der Waals surface area (Å²) in [7, 11) is 0. The Hall–Kier alpha value is -1.79.